The number of benzene rings is 1. The van der Waals surface area contributed by atoms with Gasteiger partial charge in [-0.15, -0.1) is 0 Å². The molecule has 0 heterocycles. The molecule has 92 valence electrons. The van der Waals surface area contributed by atoms with E-state index < -0.39 is 12.1 Å². The Kier molecular flexibility index (Phi) is 4.66. The molecule has 0 aliphatic heterocycles. The van der Waals surface area contributed by atoms with Gasteiger partial charge < -0.3 is 14.7 Å². The maximum atomic E-state index is 11.9. The Morgan fingerprint density at radius 1 is 1.35 bits per heavy atom. The predicted octanol–water partition coefficient (Wildman–Crippen LogP) is 0.917. The van der Waals surface area contributed by atoms with Crippen LogP contribution in [0.2, 0.25) is 0 Å². The van der Waals surface area contributed by atoms with Gasteiger partial charge in [-0.1, -0.05) is 30.3 Å². The predicted molar refractivity (Wildman–Crippen MR) is 61.5 cm³/mol. The number of aliphatic carboxylic acids is 1. The molecule has 0 fully saturated rings. The maximum Gasteiger partial charge on any atom is 0.323 e. The topological polar surface area (TPSA) is 66.8 Å². The van der Waals surface area contributed by atoms with Crippen LogP contribution in [0.1, 0.15) is 11.7 Å². The van der Waals surface area contributed by atoms with Crippen molar-refractivity contribution in [3.8, 4) is 0 Å². The number of hydrogen-bond donors (Lipinski definition) is 1. The number of carboxylic acid groups (broad SMARTS) is 1. The molecule has 1 unspecified atom stereocenters. The molecule has 1 amide bonds. The van der Waals surface area contributed by atoms with Crippen molar-refractivity contribution in [2.24, 2.45) is 0 Å². The number of nitrogens with zero attached hydrogens (tertiary/aromatic N) is 1. The van der Waals surface area contributed by atoms with Crippen LogP contribution < -0.4 is 0 Å². The third-order valence-electron chi connectivity index (χ3n) is 2.31. The fourth-order valence-corrected chi connectivity index (χ4v) is 1.49. The number of rotatable bonds is 5. The van der Waals surface area contributed by atoms with Gasteiger partial charge in [-0.2, -0.15) is 0 Å². The van der Waals surface area contributed by atoms with E-state index in [2.05, 4.69) is 0 Å². The summed E-state index contributed by atoms with van der Waals surface area (Å²) in [6, 6.07) is 8.96. The summed E-state index contributed by atoms with van der Waals surface area (Å²) in [5, 5.41) is 8.62. The second-order valence-electron chi connectivity index (χ2n) is 3.61. The lowest BCUT2D eigenvalue weighted by Crippen LogP contribution is -2.36. The van der Waals surface area contributed by atoms with Gasteiger partial charge in [0.05, 0.1) is 0 Å². The van der Waals surface area contributed by atoms with Gasteiger partial charge in [0.2, 0.25) is 0 Å². The molecule has 1 aromatic rings. The van der Waals surface area contributed by atoms with Crippen molar-refractivity contribution in [1.29, 1.82) is 0 Å². The number of amides is 1. The van der Waals surface area contributed by atoms with Gasteiger partial charge in [0, 0.05) is 14.2 Å². The second-order valence-corrected chi connectivity index (χ2v) is 3.61. The molecule has 5 heteroatoms. The van der Waals surface area contributed by atoms with Crippen molar-refractivity contribution in [3.63, 3.8) is 0 Å². The van der Waals surface area contributed by atoms with E-state index in [-0.39, 0.29) is 12.5 Å². The Balaban J connectivity index is 2.81. The molecule has 5 nitrogen and oxygen atoms in total. The molecule has 1 N–H and O–H groups in total. The monoisotopic (exact) mass is 237 g/mol. The van der Waals surface area contributed by atoms with E-state index in [1.807, 2.05) is 6.07 Å². The van der Waals surface area contributed by atoms with E-state index in [9.17, 15) is 9.59 Å². The first-order valence-corrected chi connectivity index (χ1v) is 5.10. The van der Waals surface area contributed by atoms with Gasteiger partial charge in [-0.3, -0.25) is 9.59 Å². The fraction of sp³-hybridized carbons (Fsp3) is 0.333. The number of methoxy groups -OCH3 is 1. The van der Waals surface area contributed by atoms with Crippen molar-refractivity contribution in [2.45, 2.75) is 6.10 Å². The molecule has 17 heavy (non-hydrogen) atoms. The SMILES string of the molecule is COC(C(=O)N(C)CC(=O)O)c1ccccc1. The highest BCUT2D eigenvalue weighted by molar-refractivity contribution is 5.85. The van der Waals surface area contributed by atoms with E-state index in [4.69, 9.17) is 9.84 Å². The lowest BCUT2D eigenvalue weighted by molar-refractivity contribution is -0.148. The Hall–Kier alpha value is -1.88. The summed E-state index contributed by atoms with van der Waals surface area (Å²) in [6.45, 7) is -0.342. The summed E-state index contributed by atoms with van der Waals surface area (Å²) in [6.07, 6.45) is -0.763. The first kappa shape index (κ1) is 13.2. The van der Waals surface area contributed by atoms with Gasteiger partial charge >= 0.3 is 5.97 Å². The number of carboxylic acids is 1. The zero-order valence-electron chi connectivity index (χ0n) is 9.79. The number of hydrogen-bond acceptors (Lipinski definition) is 3. The molecule has 0 spiro atoms. The molecule has 1 rings (SSSR count). The van der Waals surface area contributed by atoms with Gasteiger partial charge in [0.25, 0.3) is 5.91 Å². The lowest BCUT2D eigenvalue weighted by atomic mass is 10.1. The van der Waals surface area contributed by atoms with Crippen LogP contribution in [0.3, 0.4) is 0 Å². The minimum absolute atomic E-state index is 0.342. The number of carbonyl (C=O) groups is 2. The average molecular weight is 237 g/mol. The highest BCUT2D eigenvalue weighted by Crippen LogP contribution is 2.18. The van der Waals surface area contributed by atoms with E-state index in [1.54, 1.807) is 24.3 Å². The zero-order valence-corrected chi connectivity index (χ0v) is 9.79. The zero-order chi connectivity index (χ0) is 12.8. The van der Waals surface area contributed by atoms with Crippen molar-refractivity contribution >= 4 is 11.9 Å². The van der Waals surface area contributed by atoms with Crippen LogP contribution in [0.4, 0.5) is 0 Å². The summed E-state index contributed by atoms with van der Waals surface area (Å²) < 4.78 is 5.12. The Morgan fingerprint density at radius 2 is 1.94 bits per heavy atom. The molecule has 0 saturated heterocycles. The van der Waals surface area contributed by atoms with E-state index in [0.29, 0.717) is 5.56 Å². The normalized spacial score (nSPS) is 11.9. The van der Waals surface area contributed by atoms with Crippen molar-refractivity contribution in [3.05, 3.63) is 35.9 Å². The minimum Gasteiger partial charge on any atom is -0.480 e. The standard InChI is InChI=1S/C12H15NO4/c1-13(8-10(14)15)12(16)11(17-2)9-6-4-3-5-7-9/h3-7,11H,8H2,1-2H3,(H,14,15). The van der Waals surface area contributed by atoms with Crippen LogP contribution >= 0.6 is 0 Å². The molecule has 1 atom stereocenters. The van der Waals surface area contributed by atoms with E-state index >= 15 is 0 Å². The quantitative estimate of drug-likeness (QED) is 0.826. The van der Waals surface area contributed by atoms with Gasteiger partial charge in [0.15, 0.2) is 6.10 Å². The average Bonchev–Trinajstić information content (AvgIpc) is 2.30. The van der Waals surface area contributed by atoms with Crippen LogP contribution in [0, 0.1) is 0 Å². The van der Waals surface area contributed by atoms with Crippen molar-refractivity contribution < 1.29 is 19.4 Å². The molecule has 0 aromatic heterocycles. The van der Waals surface area contributed by atoms with Crippen LogP contribution in [0.15, 0.2) is 30.3 Å². The van der Waals surface area contributed by atoms with Crippen LogP contribution in [-0.2, 0) is 14.3 Å². The molecule has 0 aliphatic rings. The van der Waals surface area contributed by atoms with Gasteiger partial charge in [-0.25, -0.2) is 0 Å². The Morgan fingerprint density at radius 3 is 2.41 bits per heavy atom. The van der Waals surface area contributed by atoms with E-state index in [0.717, 1.165) is 4.90 Å². The fourth-order valence-electron chi connectivity index (χ4n) is 1.49. The number of ether oxygens (including phenoxy) is 1. The molecule has 0 radical (unpaired) electrons. The van der Waals surface area contributed by atoms with Gasteiger partial charge in [-0.05, 0) is 5.56 Å². The van der Waals surface area contributed by atoms with Crippen molar-refractivity contribution in [1.82, 2.24) is 4.90 Å². The first-order valence-electron chi connectivity index (χ1n) is 5.10. The highest BCUT2D eigenvalue weighted by Gasteiger charge is 2.24. The molecule has 0 saturated carbocycles. The Bertz CT molecular complexity index is 391. The van der Waals surface area contributed by atoms with Crippen LogP contribution in [0.25, 0.3) is 0 Å². The molecule has 0 aliphatic carbocycles. The summed E-state index contributed by atoms with van der Waals surface area (Å²) in [5.74, 6) is -1.43. The summed E-state index contributed by atoms with van der Waals surface area (Å²) in [5.41, 5.74) is 0.706. The second kappa shape index (κ2) is 6.00. The smallest absolute Gasteiger partial charge is 0.323 e. The van der Waals surface area contributed by atoms with Crippen molar-refractivity contribution in [2.75, 3.05) is 20.7 Å². The molecular formula is C12H15NO4. The number of likely N-dealkylation sites (N-methyl/N-ethyl adjacent to an activating group) is 1. The summed E-state index contributed by atoms with van der Waals surface area (Å²) in [4.78, 5) is 23.6. The number of carbonyl (C=O) groups excluding carboxylic acids is 1. The van der Waals surface area contributed by atoms with E-state index in [1.165, 1.54) is 14.2 Å². The van der Waals surface area contributed by atoms with Gasteiger partial charge in [0.1, 0.15) is 6.54 Å². The first-order chi connectivity index (χ1) is 8.06. The lowest BCUT2D eigenvalue weighted by Gasteiger charge is -2.21. The van der Waals surface area contributed by atoms with Crippen LogP contribution in [-0.4, -0.2) is 42.6 Å². The third kappa shape index (κ3) is 3.57. The summed E-state index contributed by atoms with van der Waals surface area (Å²) >= 11 is 0. The minimum atomic E-state index is -1.05. The molecule has 1 aromatic carbocycles. The third-order valence-corrected chi connectivity index (χ3v) is 2.31. The highest BCUT2D eigenvalue weighted by atomic mass is 16.5. The molecule has 0 bridgehead atoms. The van der Waals surface area contributed by atoms with Crippen LogP contribution in [0.5, 0.6) is 0 Å². The maximum absolute atomic E-state index is 11.9. The summed E-state index contributed by atoms with van der Waals surface area (Å²) in [7, 11) is 2.86. The largest absolute Gasteiger partial charge is 0.480 e. The molecular weight excluding hydrogens is 222 g/mol. The Labute approximate surface area is 99.6 Å².